The third kappa shape index (κ3) is 3.24. The highest BCUT2D eigenvalue weighted by Gasteiger charge is 2.21. The Labute approximate surface area is 148 Å². The molecule has 1 atom stereocenters. The first-order valence-corrected chi connectivity index (χ1v) is 9.38. The maximum absolute atomic E-state index is 12.8. The lowest BCUT2D eigenvalue weighted by atomic mass is 9.98. The molecule has 0 aliphatic carbocycles. The molecule has 2 N–H and O–H groups in total. The molecular formula is C20H26N4O. The largest absolute Gasteiger partial charge is 0.329 e. The van der Waals surface area contributed by atoms with Crippen molar-refractivity contribution in [3.63, 3.8) is 0 Å². The summed E-state index contributed by atoms with van der Waals surface area (Å²) < 4.78 is 3.73. The van der Waals surface area contributed by atoms with Crippen LogP contribution in [0.4, 0.5) is 0 Å². The van der Waals surface area contributed by atoms with E-state index >= 15 is 0 Å². The Morgan fingerprint density at radius 2 is 1.92 bits per heavy atom. The molecule has 2 aliphatic heterocycles. The molecule has 1 unspecified atom stereocenters. The SMILES string of the molecule is Cn1c(=O)n(C2CCCNC2)c2ccc(C#CC3CCNCC3)cc21. The number of hydrogen-bond donors (Lipinski definition) is 2. The third-order valence-corrected chi connectivity index (χ3v) is 5.49. The van der Waals surface area contributed by atoms with E-state index in [1.54, 1.807) is 4.57 Å². The van der Waals surface area contributed by atoms with Gasteiger partial charge in [-0.05, 0) is 63.5 Å². The standard InChI is InChI=1S/C20H26N4O/c1-23-19-13-16(5-4-15-8-11-21-12-9-15)6-7-18(19)24(20(23)25)17-3-2-10-22-14-17/h6-7,13,15,17,21-22H,2-3,8-12,14H2,1H3. The highest BCUT2D eigenvalue weighted by Crippen LogP contribution is 2.22. The van der Waals surface area contributed by atoms with Gasteiger partial charge >= 0.3 is 5.69 Å². The number of benzene rings is 1. The summed E-state index contributed by atoms with van der Waals surface area (Å²) in [6.07, 6.45) is 4.42. The van der Waals surface area contributed by atoms with Crippen molar-refractivity contribution in [2.45, 2.75) is 31.7 Å². The predicted molar refractivity (Wildman–Crippen MR) is 101 cm³/mol. The van der Waals surface area contributed by atoms with Gasteiger partial charge in [0.05, 0.1) is 17.1 Å². The van der Waals surface area contributed by atoms with Crippen LogP contribution in [-0.2, 0) is 7.05 Å². The zero-order valence-corrected chi connectivity index (χ0v) is 14.8. The van der Waals surface area contributed by atoms with Crippen LogP contribution in [0.2, 0.25) is 0 Å². The van der Waals surface area contributed by atoms with Crippen LogP contribution in [0.15, 0.2) is 23.0 Å². The smallest absolute Gasteiger partial charge is 0.317 e. The average molecular weight is 338 g/mol. The van der Waals surface area contributed by atoms with Gasteiger partial charge in [-0.15, -0.1) is 0 Å². The molecule has 1 aromatic carbocycles. The maximum Gasteiger partial charge on any atom is 0.329 e. The highest BCUT2D eigenvalue weighted by molar-refractivity contribution is 5.78. The lowest BCUT2D eigenvalue weighted by molar-refractivity contribution is 0.369. The molecule has 0 amide bonds. The molecule has 0 bridgehead atoms. The summed E-state index contributed by atoms with van der Waals surface area (Å²) in [5.41, 5.74) is 3.08. The van der Waals surface area contributed by atoms with E-state index < -0.39 is 0 Å². The van der Waals surface area contributed by atoms with Gasteiger partial charge in [0.15, 0.2) is 0 Å². The minimum atomic E-state index is 0.0761. The molecule has 2 saturated heterocycles. The Balaban J connectivity index is 1.68. The lowest BCUT2D eigenvalue weighted by Gasteiger charge is -2.23. The van der Waals surface area contributed by atoms with Crippen LogP contribution >= 0.6 is 0 Å². The number of aromatic nitrogens is 2. The molecule has 5 nitrogen and oxygen atoms in total. The highest BCUT2D eigenvalue weighted by atomic mass is 16.1. The molecule has 2 fully saturated rings. The van der Waals surface area contributed by atoms with Gasteiger partial charge in [0.1, 0.15) is 0 Å². The summed E-state index contributed by atoms with van der Waals surface area (Å²) in [6.45, 7) is 4.04. The Kier molecular flexibility index (Phi) is 4.65. The van der Waals surface area contributed by atoms with Crippen LogP contribution in [0.25, 0.3) is 11.0 Å². The normalized spacial score (nSPS) is 21.9. The summed E-state index contributed by atoms with van der Waals surface area (Å²) >= 11 is 0. The van der Waals surface area contributed by atoms with Crippen molar-refractivity contribution < 1.29 is 0 Å². The van der Waals surface area contributed by atoms with E-state index in [4.69, 9.17) is 0 Å². The summed E-state index contributed by atoms with van der Waals surface area (Å²) in [6, 6.07) is 6.44. The number of imidazole rings is 1. The number of nitrogens with zero attached hydrogens (tertiary/aromatic N) is 2. The number of rotatable bonds is 1. The van der Waals surface area contributed by atoms with Gasteiger partial charge in [-0.25, -0.2) is 4.79 Å². The van der Waals surface area contributed by atoms with Crippen molar-refractivity contribution in [3.05, 3.63) is 34.2 Å². The number of nitrogens with one attached hydrogen (secondary N) is 2. The van der Waals surface area contributed by atoms with Crippen molar-refractivity contribution in [1.82, 2.24) is 19.8 Å². The van der Waals surface area contributed by atoms with E-state index in [-0.39, 0.29) is 11.7 Å². The fraction of sp³-hybridized carbons (Fsp3) is 0.550. The minimum Gasteiger partial charge on any atom is -0.317 e. The zero-order chi connectivity index (χ0) is 17.2. The number of piperidine rings is 2. The molecule has 5 heteroatoms. The summed E-state index contributed by atoms with van der Waals surface area (Å²) in [4.78, 5) is 12.8. The van der Waals surface area contributed by atoms with Gasteiger partial charge in [-0.1, -0.05) is 11.8 Å². The number of hydrogen-bond acceptors (Lipinski definition) is 3. The van der Waals surface area contributed by atoms with E-state index in [2.05, 4.69) is 40.7 Å². The Morgan fingerprint density at radius 3 is 2.68 bits per heavy atom. The first-order valence-electron chi connectivity index (χ1n) is 9.38. The first kappa shape index (κ1) is 16.4. The van der Waals surface area contributed by atoms with Crippen LogP contribution in [0, 0.1) is 17.8 Å². The van der Waals surface area contributed by atoms with Crippen LogP contribution in [0.1, 0.15) is 37.3 Å². The van der Waals surface area contributed by atoms with Crippen molar-refractivity contribution in [2.24, 2.45) is 13.0 Å². The lowest BCUT2D eigenvalue weighted by Crippen LogP contribution is -2.36. The zero-order valence-electron chi connectivity index (χ0n) is 14.8. The first-order chi connectivity index (χ1) is 12.2. The second kappa shape index (κ2) is 7.07. The molecule has 2 aromatic rings. The fourth-order valence-corrected chi connectivity index (χ4v) is 4.00. The quantitative estimate of drug-likeness (QED) is 0.777. The molecule has 1 aromatic heterocycles. The van der Waals surface area contributed by atoms with Crippen molar-refractivity contribution in [2.75, 3.05) is 26.2 Å². The van der Waals surface area contributed by atoms with Crippen LogP contribution in [0.3, 0.4) is 0 Å². The van der Waals surface area contributed by atoms with Crippen LogP contribution in [0.5, 0.6) is 0 Å². The Bertz CT molecular complexity index is 871. The summed E-state index contributed by atoms with van der Waals surface area (Å²) in [5, 5.41) is 6.78. The molecule has 4 rings (SSSR count). The molecule has 0 spiro atoms. The molecular weight excluding hydrogens is 312 g/mol. The molecule has 3 heterocycles. The predicted octanol–water partition coefficient (Wildman–Crippen LogP) is 1.62. The number of fused-ring (bicyclic) bond motifs is 1. The second-order valence-electron chi connectivity index (χ2n) is 7.21. The average Bonchev–Trinajstić information content (AvgIpc) is 2.92. The van der Waals surface area contributed by atoms with E-state index in [9.17, 15) is 4.79 Å². The van der Waals surface area contributed by atoms with Gasteiger partial charge in [-0.3, -0.25) is 9.13 Å². The Hall–Kier alpha value is -2.03. The molecule has 0 radical (unpaired) electrons. The van der Waals surface area contributed by atoms with Crippen molar-refractivity contribution >= 4 is 11.0 Å². The summed E-state index contributed by atoms with van der Waals surface area (Å²) in [7, 11) is 1.86. The van der Waals surface area contributed by atoms with Gasteiger partial charge in [0.2, 0.25) is 0 Å². The van der Waals surface area contributed by atoms with Gasteiger partial charge in [0, 0.05) is 25.1 Å². The second-order valence-corrected chi connectivity index (χ2v) is 7.21. The Morgan fingerprint density at radius 1 is 1.08 bits per heavy atom. The van der Waals surface area contributed by atoms with Crippen molar-refractivity contribution in [3.8, 4) is 11.8 Å². The van der Waals surface area contributed by atoms with Gasteiger partial charge in [-0.2, -0.15) is 0 Å². The molecule has 25 heavy (non-hydrogen) atoms. The third-order valence-electron chi connectivity index (χ3n) is 5.49. The van der Waals surface area contributed by atoms with E-state index in [1.807, 2.05) is 11.6 Å². The molecule has 132 valence electrons. The maximum atomic E-state index is 12.8. The van der Waals surface area contributed by atoms with Gasteiger partial charge < -0.3 is 10.6 Å². The van der Waals surface area contributed by atoms with E-state index in [0.29, 0.717) is 5.92 Å². The topological polar surface area (TPSA) is 51.0 Å². The number of aryl methyl sites for hydroxylation is 1. The fourth-order valence-electron chi connectivity index (χ4n) is 4.00. The monoisotopic (exact) mass is 338 g/mol. The summed E-state index contributed by atoms with van der Waals surface area (Å²) in [5.74, 6) is 7.22. The minimum absolute atomic E-state index is 0.0761. The van der Waals surface area contributed by atoms with E-state index in [1.165, 1.54) is 0 Å². The van der Waals surface area contributed by atoms with Crippen LogP contribution < -0.4 is 16.3 Å². The van der Waals surface area contributed by atoms with E-state index in [0.717, 1.165) is 68.5 Å². The van der Waals surface area contributed by atoms with Crippen LogP contribution in [-0.4, -0.2) is 35.3 Å². The molecule has 2 aliphatic rings. The molecule has 0 saturated carbocycles. The van der Waals surface area contributed by atoms with Crippen molar-refractivity contribution in [1.29, 1.82) is 0 Å². The van der Waals surface area contributed by atoms with Gasteiger partial charge in [0.25, 0.3) is 0 Å².